The van der Waals surface area contributed by atoms with Crippen molar-refractivity contribution in [1.29, 1.82) is 0 Å². The summed E-state index contributed by atoms with van der Waals surface area (Å²) in [7, 11) is 2.04. The molecular formula is C12H23N3O3. The van der Waals surface area contributed by atoms with Crippen molar-refractivity contribution in [1.82, 2.24) is 15.5 Å². The van der Waals surface area contributed by atoms with Gasteiger partial charge in [0.1, 0.15) is 6.04 Å². The molecule has 6 nitrogen and oxygen atoms in total. The number of carboxylic acid groups (broad SMARTS) is 1. The Kier molecular flexibility index (Phi) is 5.91. The Morgan fingerprint density at radius 1 is 1.44 bits per heavy atom. The van der Waals surface area contributed by atoms with Gasteiger partial charge in [0, 0.05) is 19.1 Å². The maximum atomic E-state index is 11.5. The molecule has 2 amide bonds. The summed E-state index contributed by atoms with van der Waals surface area (Å²) >= 11 is 0. The van der Waals surface area contributed by atoms with Gasteiger partial charge < -0.3 is 20.6 Å². The van der Waals surface area contributed by atoms with Crippen LogP contribution in [-0.2, 0) is 4.79 Å². The van der Waals surface area contributed by atoms with E-state index in [0.717, 1.165) is 13.0 Å². The molecule has 1 aliphatic carbocycles. The van der Waals surface area contributed by atoms with Crippen LogP contribution in [-0.4, -0.2) is 54.2 Å². The van der Waals surface area contributed by atoms with E-state index in [1.54, 1.807) is 0 Å². The van der Waals surface area contributed by atoms with Crippen molar-refractivity contribution in [3.05, 3.63) is 0 Å². The number of carbonyl (C=O) groups excluding carboxylic acids is 1. The van der Waals surface area contributed by atoms with E-state index in [-0.39, 0.29) is 0 Å². The second kappa shape index (κ2) is 7.20. The zero-order valence-corrected chi connectivity index (χ0v) is 11.1. The van der Waals surface area contributed by atoms with Gasteiger partial charge in [-0.25, -0.2) is 9.59 Å². The Balaban J connectivity index is 2.16. The lowest BCUT2D eigenvalue weighted by Crippen LogP contribution is -2.47. The largest absolute Gasteiger partial charge is 0.480 e. The van der Waals surface area contributed by atoms with E-state index in [0.29, 0.717) is 19.0 Å². The van der Waals surface area contributed by atoms with Gasteiger partial charge >= 0.3 is 12.0 Å². The van der Waals surface area contributed by atoms with Gasteiger partial charge in [0.2, 0.25) is 0 Å². The molecule has 1 aliphatic rings. The molecule has 0 unspecified atom stereocenters. The zero-order chi connectivity index (χ0) is 13.5. The van der Waals surface area contributed by atoms with E-state index in [2.05, 4.69) is 15.5 Å². The predicted molar refractivity (Wildman–Crippen MR) is 68.5 cm³/mol. The topological polar surface area (TPSA) is 81.7 Å². The molecule has 0 spiro atoms. The molecule has 0 radical (unpaired) electrons. The molecule has 0 saturated heterocycles. The smallest absolute Gasteiger partial charge is 0.326 e. The first kappa shape index (κ1) is 14.8. The highest BCUT2D eigenvalue weighted by Gasteiger charge is 2.25. The van der Waals surface area contributed by atoms with Gasteiger partial charge in [-0.3, -0.25) is 0 Å². The summed E-state index contributed by atoms with van der Waals surface area (Å²) in [6.07, 6.45) is 3.65. The lowest BCUT2D eigenvalue weighted by Gasteiger charge is -2.17. The minimum atomic E-state index is -0.984. The third kappa shape index (κ3) is 5.35. The summed E-state index contributed by atoms with van der Waals surface area (Å²) in [6, 6.07) is -0.530. The fourth-order valence-electron chi connectivity index (χ4n) is 1.80. The summed E-state index contributed by atoms with van der Waals surface area (Å²) in [6.45, 7) is 3.22. The molecule has 0 aliphatic heterocycles. The van der Waals surface area contributed by atoms with Gasteiger partial charge in [0.05, 0.1) is 0 Å². The van der Waals surface area contributed by atoms with Gasteiger partial charge in [-0.15, -0.1) is 0 Å². The number of amides is 2. The number of carboxylic acids is 1. The van der Waals surface area contributed by atoms with Crippen molar-refractivity contribution in [2.45, 2.75) is 44.7 Å². The Hall–Kier alpha value is -1.30. The van der Waals surface area contributed by atoms with E-state index >= 15 is 0 Å². The van der Waals surface area contributed by atoms with Gasteiger partial charge in [-0.05, 0) is 26.3 Å². The number of nitrogens with one attached hydrogen (secondary N) is 2. The van der Waals surface area contributed by atoms with Gasteiger partial charge in [0.15, 0.2) is 0 Å². The summed E-state index contributed by atoms with van der Waals surface area (Å²) in [5, 5.41) is 14.0. The van der Waals surface area contributed by atoms with Crippen LogP contribution in [0.25, 0.3) is 0 Å². The average Bonchev–Trinajstić information content (AvgIpc) is 3.11. The molecule has 0 aromatic rings. The molecule has 0 aromatic carbocycles. The number of likely N-dealkylation sites (N-methyl/N-ethyl adjacent to an activating group) is 1. The first-order chi connectivity index (χ1) is 8.54. The standard InChI is InChI=1S/C12H23N3O3/c1-3-4-10(11(16)17)14-12(18)13-7-8-15(2)9-5-6-9/h9-10H,3-8H2,1-2H3,(H,16,17)(H2,13,14,18)/t10-/m0/s1. The Labute approximate surface area is 108 Å². The molecule has 1 fully saturated rings. The number of hydrogen-bond acceptors (Lipinski definition) is 3. The lowest BCUT2D eigenvalue weighted by atomic mass is 10.2. The van der Waals surface area contributed by atoms with Crippen molar-refractivity contribution in [2.24, 2.45) is 0 Å². The predicted octanol–water partition coefficient (Wildman–Crippen LogP) is 0.633. The number of carbonyl (C=O) groups is 2. The molecule has 18 heavy (non-hydrogen) atoms. The molecule has 0 aromatic heterocycles. The third-order valence-electron chi connectivity index (χ3n) is 3.10. The number of hydrogen-bond donors (Lipinski definition) is 3. The highest BCUT2D eigenvalue weighted by molar-refractivity contribution is 5.82. The van der Waals surface area contributed by atoms with Crippen LogP contribution in [0.4, 0.5) is 4.79 Å². The van der Waals surface area contributed by atoms with E-state index < -0.39 is 18.0 Å². The zero-order valence-electron chi connectivity index (χ0n) is 11.1. The third-order valence-corrected chi connectivity index (χ3v) is 3.10. The van der Waals surface area contributed by atoms with Crippen molar-refractivity contribution < 1.29 is 14.7 Å². The minimum absolute atomic E-state index is 0.403. The normalized spacial score (nSPS) is 16.4. The second-order valence-corrected chi connectivity index (χ2v) is 4.79. The molecule has 1 rings (SSSR count). The van der Waals surface area contributed by atoms with Gasteiger partial charge in [0.25, 0.3) is 0 Å². The van der Waals surface area contributed by atoms with Crippen LogP contribution in [0.15, 0.2) is 0 Å². The molecule has 104 valence electrons. The van der Waals surface area contributed by atoms with Crippen LogP contribution in [0.2, 0.25) is 0 Å². The number of rotatable bonds is 8. The molecule has 6 heteroatoms. The van der Waals surface area contributed by atoms with Crippen molar-refractivity contribution in [3.8, 4) is 0 Å². The van der Waals surface area contributed by atoms with Crippen molar-refractivity contribution >= 4 is 12.0 Å². The Morgan fingerprint density at radius 2 is 2.11 bits per heavy atom. The minimum Gasteiger partial charge on any atom is -0.480 e. The molecule has 1 saturated carbocycles. The van der Waals surface area contributed by atoms with E-state index in [1.165, 1.54) is 12.8 Å². The van der Waals surface area contributed by atoms with Crippen LogP contribution >= 0.6 is 0 Å². The summed E-state index contributed by atoms with van der Waals surface area (Å²) in [4.78, 5) is 24.6. The molecule has 0 bridgehead atoms. The monoisotopic (exact) mass is 257 g/mol. The fraction of sp³-hybridized carbons (Fsp3) is 0.833. The first-order valence-corrected chi connectivity index (χ1v) is 6.52. The summed E-state index contributed by atoms with van der Waals surface area (Å²) in [5.74, 6) is -0.984. The van der Waals surface area contributed by atoms with E-state index in [9.17, 15) is 9.59 Å². The lowest BCUT2D eigenvalue weighted by molar-refractivity contribution is -0.139. The van der Waals surface area contributed by atoms with E-state index in [4.69, 9.17) is 5.11 Å². The van der Waals surface area contributed by atoms with E-state index in [1.807, 2.05) is 14.0 Å². The highest BCUT2D eigenvalue weighted by atomic mass is 16.4. The molecule has 3 N–H and O–H groups in total. The quantitative estimate of drug-likeness (QED) is 0.596. The Morgan fingerprint density at radius 3 is 2.61 bits per heavy atom. The van der Waals surface area contributed by atoms with Crippen molar-refractivity contribution in [3.63, 3.8) is 0 Å². The first-order valence-electron chi connectivity index (χ1n) is 6.52. The molecule has 1 atom stereocenters. The van der Waals surface area contributed by atoms with Crippen LogP contribution in [0.5, 0.6) is 0 Å². The number of nitrogens with zero attached hydrogens (tertiary/aromatic N) is 1. The maximum Gasteiger partial charge on any atom is 0.326 e. The van der Waals surface area contributed by atoms with Crippen LogP contribution in [0.3, 0.4) is 0 Å². The fourth-order valence-corrected chi connectivity index (χ4v) is 1.80. The van der Waals surface area contributed by atoms with Gasteiger partial charge in [-0.1, -0.05) is 13.3 Å². The number of aliphatic carboxylic acids is 1. The second-order valence-electron chi connectivity index (χ2n) is 4.79. The van der Waals surface area contributed by atoms with Gasteiger partial charge in [-0.2, -0.15) is 0 Å². The summed E-state index contributed by atoms with van der Waals surface area (Å²) < 4.78 is 0. The Bertz CT molecular complexity index is 292. The summed E-state index contributed by atoms with van der Waals surface area (Å²) in [5.41, 5.74) is 0. The average molecular weight is 257 g/mol. The number of urea groups is 1. The van der Waals surface area contributed by atoms with Crippen LogP contribution in [0.1, 0.15) is 32.6 Å². The maximum absolute atomic E-state index is 11.5. The molecular weight excluding hydrogens is 234 g/mol. The SMILES string of the molecule is CCC[C@H](NC(=O)NCCN(C)C1CC1)C(=O)O. The van der Waals surface area contributed by atoms with Crippen LogP contribution in [0, 0.1) is 0 Å². The molecule has 0 heterocycles. The highest BCUT2D eigenvalue weighted by Crippen LogP contribution is 2.24. The van der Waals surface area contributed by atoms with Crippen molar-refractivity contribution in [2.75, 3.05) is 20.1 Å². The van der Waals surface area contributed by atoms with Crippen LogP contribution < -0.4 is 10.6 Å².